The van der Waals surface area contributed by atoms with Crippen molar-refractivity contribution in [3.63, 3.8) is 0 Å². The van der Waals surface area contributed by atoms with Crippen LogP contribution in [0.15, 0.2) is 24.3 Å². The second kappa shape index (κ2) is 11.1. The van der Waals surface area contributed by atoms with Crippen LogP contribution >= 0.6 is 0 Å². The van der Waals surface area contributed by atoms with Crippen molar-refractivity contribution < 1.29 is 28.7 Å². The summed E-state index contributed by atoms with van der Waals surface area (Å²) in [6.07, 6.45) is 3.80. The number of hydrogen-bond donors (Lipinski definition) is 3. The molecule has 3 atom stereocenters. The molecule has 0 aromatic heterocycles. The molecule has 4 amide bonds. The number of carbonyl (C=O) groups excluding carboxylic acids is 5. The lowest BCUT2D eigenvalue weighted by molar-refractivity contribution is -0.143. The van der Waals surface area contributed by atoms with E-state index in [-0.39, 0.29) is 17.7 Å². The number of fused-ring (bicyclic) bond motifs is 1. The summed E-state index contributed by atoms with van der Waals surface area (Å²) in [5.41, 5.74) is 6.74. The average Bonchev–Trinajstić information content (AvgIpc) is 3.35. The summed E-state index contributed by atoms with van der Waals surface area (Å²) in [7, 11) is 0. The van der Waals surface area contributed by atoms with E-state index >= 15 is 0 Å². The molecule has 1 saturated heterocycles. The zero-order valence-electron chi connectivity index (χ0n) is 22.3. The first-order chi connectivity index (χ1) is 17.9. The standard InChI is InChI=1S/C28H38N4O6/c1-28(2,3)38-27(37)31-22(19-14-17-7-4-5-8-18(17)15-19)26(36)32-12-6-9-21(32)25(35)30-20(13-16-10-11-16)23(33)24(29)34/h4-5,7-8,16,19-22H,6,9-15H2,1-3H3,(H2,29,34)(H,30,35)(H,31,37)/t20?,21-,22-/m0/s1. The number of hydrogen-bond acceptors (Lipinski definition) is 6. The predicted molar refractivity (Wildman–Crippen MR) is 139 cm³/mol. The number of benzene rings is 1. The number of amides is 4. The Balaban J connectivity index is 1.51. The SMILES string of the molecule is CC(C)(C)OC(=O)N[C@H](C(=O)N1CCC[C@H]1C(=O)NC(CC1CC1)C(=O)C(N)=O)C1Cc2ccccc2C1. The quantitative estimate of drug-likeness (QED) is 0.417. The summed E-state index contributed by atoms with van der Waals surface area (Å²) < 4.78 is 5.45. The van der Waals surface area contributed by atoms with Crippen LogP contribution in [0.2, 0.25) is 0 Å². The van der Waals surface area contributed by atoms with E-state index in [2.05, 4.69) is 10.6 Å². The smallest absolute Gasteiger partial charge is 0.408 e. The molecule has 2 aliphatic carbocycles. The highest BCUT2D eigenvalue weighted by molar-refractivity contribution is 6.37. The summed E-state index contributed by atoms with van der Waals surface area (Å²) in [5, 5.41) is 5.49. The van der Waals surface area contributed by atoms with Crippen molar-refractivity contribution in [3.05, 3.63) is 35.4 Å². The van der Waals surface area contributed by atoms with Gasteiger partial charge in [-0.3, -0.25) is 19.2 Å². The van der Waals surface area contributed by atoms with Crippen LogP contribution in [0.1, 0.15) is 64.0 Å². The van der Waals surface area contributed by atoms with Crippen molar-refractivity contribution >= 4 is 29.6 Å². The van der Waals surface area contributed by atoms with Crippen LogP contribution in [0.4, 0.5) is 4.79 Å². The van der Waals surface area contributed by atoms with Crippen molar-refractivity contribution in [1.82, 2.24) is 15.5 Å². The van der Waals surface area contributed by atoms with E-state index in [0.29, 0.717) is 38.6 Å². The van der Waals surface area contributed by atoms with Gasteiger partial charge in [-0.25, -0.2) is 4.79 Å². The lowest BCUT2D eigenvalue weighted by Crippen LogP contribution is -2.58. The molecule has 1 heterocycles. The third kappa shape index (κ3) is 6.71. The first-order valence-corrected chi connectivity index (χ1v) is 13.4. The molecule has 2 fully saturated rings. The van der Waals surface area contributed by atoms with E-state index in [1.165, 1.54) is 4.90 Å². The van der Waals surface area contributed by atoms with Gasteiger partial charge in [-0.2, -0.15) is 0 Å². The van der Waals surface area contributed by atoms with Gasteiger partial charge in [0.25, 0.3) is 5.91 Å². The average molecular weight is 527 g/mol. The minimum atomic E-state index is -1.09. The number of nitrogens with two attached hydrogens (primary N) is 1. The maximum absolute atomic E-state index is 13.9. The van der Waals surface area contributed by atoms with Crippen LogP contribution in [0.25, 0.3) is 0 Å². The Kier molecular flexibility index (Phi) is 8.08. The fraction of sp³-hybridized carbons (Fsp3) is 0.607. The molecule has 0 spiro atoms. The van der Waals surface area contributed by atoms with Gasteiger partial charge < -0.3 is 26.0 Å². The largest absolute Gasteiger partial charge is 0.444 e. The fourth-order valence-electron chi connectivity index (χ4n) is 5.48. The van der Waals surface area contributed by atoms with Gasteiger partial charge in [-0.05, 0) is 75.8 Å². The maximum atomic E-state index is 13.9. The van der Waals surface area contributed by atoms with Gasteiger partial charge in [0.15, 0.2) is 0 Å². The predicted octanol–water partition coefficient (Wildman–Crippen LogP) is 1.63. The lowest BCUT2D eigenvalue weighted by Gasteiger charge is -2.32. The lowest BCUT2D eigenvalue weighted by atomic mass is 9.95. The molecular formula is C28H38N4O6. The third-order valence-electron chi connectivity index (χ3n) is 7.47. The number of likely N-dealkylation sites (tertiary alicyclic amines) is 1. The molecule has 4 N–H and O–H groups in total. The van der Waals surface area contributed by atoms with E-state index in [4.69, 9.17) is 10.5 Å². The summed E-state index contributed by atoms with van der Waals surface area (Å²) in [6.45, 7) is 5.60. The second-order valence-corrected chi connectivity index (χ2v) is 11.7. The minimum absolute atomic E-state index is 0.198. The fourth-order valence-corrected chi connectivity index (χ4v) is 5.48. The van der Waals surface area contributed by atoms with Gasteiger partial charge in [0.05, 0.1) is 6.04 Å². The van der Waals surface area contributed by atoms with Gasteiger partial charge in [0.2, 0.25) is 17.6 Å². The van der Waals surface area contributed by atoms with E-state index in [1.807, 2.05) is 24.3 Å². The highest BCUT2D eigenvalue weighted by Gasteiger charge is 2.43. The number of alkyl carbamates (subject to hydrolysis) is 1. The molecule has 3 aliphatic rings. The van der Waals surface area contributed by atoms with Crippen LogP contribution in [-0.2, 0) is 36.8 Å². The van der Waals surface area contributed by atoms with E-state index in [9.17, 15) is 24.0 Å². The van der Waals surface area contributed by atoms with Crippen LogP contribution in [0, 0.1) is 11.8 Å². The molecule has 10 nitrogen and oxygen atoms in total. The Morgan fingerprint density at radius 3 is 2.21 bits per heavy atom. The van der Waals surface area contributed by atoms with Crippen LogP contribution in [0.5, 0.6) is 0 Å². The molecule has 1 aromatic rings. The Bertz CT molecular complexity index is 1080. The molecule has 206 valence electrons. The Morgan fingerprint density at radius 2 is 1.66 bits per heavy atom. The van der Waals surface area contributed by atoms with Gasteiger partial charge in [0.1, 0.15) is 17.7 Å². The summed E-state index contributed by atoms with van der Waals surface area (Å²) in [5.74, 6) is -2.67. The minimum Gasteiger partial charge on any atom is -0.444 e. The van der Waals surface area contributed by atoms with Gasteiger partial charge in [0, 0.05) is 6.54 Å². The molecule has 4 rings (SSSR count). The van der Waals surface area contributed by atoms with E-state index in [0.717, 1.165) is 24.0 Å². The number of ketones is 1. The van der Waals surface area contributed by atoms with Crippen LogP contribution < -0.4 is 16.4 Å². The van der Waals surface area contributed by atoms with Crippen molar-refractivity contribution in [1.29, 1.82) is 0 Å². The molecule has 10 heteroatoms. The van der Waals surface area contributed by atoms with Gasteiger partial charge in [-0.15, -0.1) is 0 Å². The van der Waals surface area contributed by atoms with Crippen molar-refractivity contribution in [2.75, 3.05) is 6.54 Å². The summed E-state index contributed by atoms with van der Waals surface area (Å²) in [4.78, 5) is 65.4. The van der Waals surface area contributed by atoms with Crippen molar-refractivity contribution in [2.24, 2.45) is 17.6 Å². The van der Waals surface area contributed by atoms with Crippen molar-refractivity contribution in [3.8, 4) is 0 Å². The number of nitrogens with one attached hydrogen (secondary N) is 2. The molecule has 0 radical (unpaired) electrons. The molecular weight excluding hydrogens is 488 g/mol. The highest BCUT2D eigenvalue weighted by Crippen LogP contribution is 2.34. The van der Waals surface area contributed by atoms with E-state index < -0.39 is 47.4 Å². The normalized spacial score (nSPS) is 20.8. The first kappa shape index (κ1) is 27.6. The van der Waals surface area contributed by atoms with Crippen molar-refractivity contribution in [2.45, 2.75) is 89.4 Å². The second-order valence-electron chi connectivity index (χ2n) is 11.7. The van der Waals surface area contributed by atoms with Crippen LogP contribution in [-0.4, -0.2) is 64.8 Å². The highest BCUT2D eigenvalue weighted by atomic mass is 16.6. The van der Waals surface area contributed by atoms with Crippen LogP contribution in [0.3, 0.4) is 0 Å². The first-order valence-electron chi connectivity index (χ1n) is 13.4. The number of ether oxygens (including phenoxy) is 1. The Hall–Kier alpha value is -3.43. The van der Waals surface area contributed by atoms with Gasteiger partial charge in [-0.1, -0.05) is 37.1 Å². The number of carbonyl (C=O) groups is 5. The monoisotopic (exact) mass is 526 g/mol. The topological polar surface area (TPSA) is 148 Å². The van der Waals surface area contributed by atoms with Gasteiger partial charge >= 0.3 is 6.09 Å². The molecule has 0 bridgehead atoms. The molecule has 1 aromatic carbocycles. The zero-order valence-corrected chi connectivity index (χ0v) is 22.3. The molecule has 1 unspecified atom stereocenters. The summed E-state index contributed by atoms with van der Waals surface area (Å²) >= 11 is 0. The zero-order chi connectivity index (χ0) is 27.6. The number of nitrogens with zero attached hydrogens (tertiary/aromatic N) is 1. The number of primary amides is 1. The molecule has 1 saturated carbocycles. The summed E-state index contributed by atoms with van der Waals surface area (Å²) in [6, 6.07) is 5.25. The molecule has 38 heavy (non-hydrogen) atoms. The maximum Gasteiger partial charge on any atom is 0.408 e. The Morgan fingerprint density at radius 1 is 1.03 bits per heavy atom. The number of rotatable bonds is 9. The number of Topliss-reactive ketones (excluding diaryl/α,β-unsaturated/α-hetero) is 1. The Labute approximate surface area is 223 Å². The third-order valence-corrected chi connectivity index (χ3v) is 7.47. The molecule has 1 aliphatic heterocycles. The van der Waals surface area contributed by atoms with E-state index in [1.54, 1.807) is 20.8 Å².